The molecule has 0 spiro atoms. The van der Waals surface area contributed by atoms with Crippen LogP contribution in [-0.2, 0) is 16.0 Å². The summed E-state index contributed by atoms with van der Waals surface area (Å²) in [7, 11) is 0. The van der Waals surface area contributed by atoms with Gasteiger partial charge in [-0.15, -0.1) is 12.4 Å². The van der Waals surface area contributed by atoms with Crippen LogP contribution in [0.1, 0.15) is 31.2 Å². The molecule has 1 aromatic carbocycles. The third kappa shape index (κ3) is 3.54. The van der Waals surface area contributed by atoms with E-state index in [0.29, 0.717) is 19.6 Å². The van der Waals surface area contributed by atoms with Crippen LogP contribution in [0.4, 0.5) is 0 Å². The number of morpholine rings is 1. The second kappa shape index (κ2) is 7.77. The molecule has 136 valence electrons. The van der Waals surface area contributed by atoms with Crippen molar-refractivity contribution >= 4 is 29.2 Å². The minimum Gasteiger partial charge on any atom is -0.374 e. The average Bonchev–Trinajstić information content (AvgIpc) is 3.03. The number of aromatic nitrogens is 1. The molecular weight excluding hydrogens is 338 g/mol. The molecular formula is C19H26ClN3O2. The zero-order valence-electron chi connectivity index (χ0n) is 14.3. The molecule has 1 amide bonds. The van der Waals surface area contributed by atoms with Crippen LogP contribution in [0.25, 0.3) is 10.9 Å². The van der Waals surface area contributed by atoms with Crippen molar-refractivity contribution in [3.8, 4) is 0 Å². The lowest BCUT2D eigenvalue weighted by molar-refractivity contribution is -0.150. The van der Waals surface area contributed by atoms with Crippen LogP contribution in [0.15, 0.2) is 30.5 Å². The fourth-order valence-corrected chi connectivity index (χ4v) is 4.21. The molecule has 0 bridgehead atoms. The predicted molar refractivity (Wildman–Crippen MR) is 101 cm³/mol. The second-order valence-corrected chi connectivity index (χ2v) is 6.96. The highest BCUT2D eigenvalue weighted by atomic mass is 35.5. The number of nitrogens with zero attached hydrogens (tertiary/aromatic N) is 1. The Labute approximate surface area is 154 Å². The average molecular weight is 364 g/mol. The number of carbonyl (C=O) groups excluding carboxylic acids is 1. The zero-order chi connectivity index (χ0) is 16.5. The van der Waals surface area contributed by atoms with Gasteiger partial charge >= 0.3 is 0 Å². The Morgan fingerprint density at radius 2 is 2.12 bits per heavy atom. The summed E-state index contributed by atoms with van der Waals surface area (Å²) in [4.78, 5) is 18.2. The number of aromatic amines is 1. The Morgan fingerprint density at radius 3 is 3.00 bits per heavy atom. The van der Waals surface area contributed by atoms with Gasteiger partial charge in [0.15, 0.2) is 0 Å². The van der Waals surface area contributed by atoms with E-state index in [1.54, 1.807) is 0 Å². The number of benzene rings is 1. The van der Waals surface area contributed by atoms with E-state index in [4.69, 9.17) is 10.5 Å². The van der Waals surface area contributed by atoms with Gasteiger partial charge in [-0.3, -0.25) is 4.79 Å². The summed E-state index contributed by atoms with van der Waals surface area (Å²) in [6.45, 7) is 1.30. The van der Waals surface area contributed by atoms with Gasteiger partial charge in [-0.2, -0.15) is 0 Å². The van der Waals surface area contributed by atoms with E-state index in [1.807, 2.05) is 29.3 Å². The third-order valence-electron chi connectivity index (χ3n) is 5.45. The molecule has 1 saturated carbocycles. The normalized spacial score (nSPS) is 24.4. The number of hydrogen-bond donors (Lipinski definition) is 2. The second-order valence-electron chi connectivity index (χ2n) is 6.96. The minimum atomic E-state index is -0.495. The smallest absolute Gasteiger partial charge is 0.240 e. The van der Waals surface area contributed by atoms with E-state index in [-0.39, 0.29) is 30.5 Å². The van der Waals surface area contributed by atoms with E-state index in [2.05, 4.69) is 11.1 Å². The van der Waals surface area contributed by atoms with Crippen LogP contribution in [0.3, 0.4) is 0 Å². The number of nitrogens with two attached hydrogens (primary N) is 1. The number of hydrogen-bond acceptors (Lipinski definition) is 3. The number of para-hydroxylation sites is 1. The standard InChI is InChI=1S/C19H25N3O2.ClH/c20-15(11-13-12-21-16-6-2-1-5-14(13)16)19(23)22-9-10-24-18-8-4-3-7-17(18)22;/h1-2,5-6,12,15,17-18,21H,3-4,7-11,20H2;1H/t15-,17?,18?;/m0./s1. The predicted octanol–water partition coefficient (Wildman–Crippen LogP) is 2.63. The van der Waals surface area contributed by atoms with Crippen molar-refractivity contribution in [3.63, 3.8) is 0 Å². The zero-order valence-corrected chi connectivity index (χ0v) is 15.1. The van der Waals surface area contributed by atoms with Crippen molar-refractivity contribution in [2.45, 2.75) is 50.3 Å². The molecule has 5 nitrogen and oxygen atoms in total. The van der Waals surface area contributed by atoms with Gasteiger partial charge in [0.05, 0.1) is 24.8 Å². The molecule has 1 aliphatic heterocycles. The van der Waals surface area contributed by atoms with Gasteiger partial charge in [-0.05, 0) is 30.9 Å². The molecule has 2 unspecified atom stereocenters. The van der Waals surface area contributed by atoms with Crippen LogP contribution in [-0.4, -0.2) is 47.1 Å². The highest BCUT2D eigenvalue weighted by Gasteiger charge is 2.38. The summed E-state index contributed by atoms with van der Waals surface area (Å²) in [6, 6.07) is 7.86. The first kappa shape index (κ1) is 18.2. The summed E-state index contributed by atoms with van der Waals surface area (Å²) in [5, 5.41) is 1.15. The summed E-state index contributed by atoms with van der Waals surface area (Å²) < 4.78 is 5.87. The lowest BCUT2D eigenvalue weighted by Gasteiger charge is -2.44. The Hall–Kier alpha value is -1.56. The molecule has 1 aliphatic carbocycles. The number of H-pyrrole nitrogens is 1. The largest absolute Gasteiger partial charge is 0.374 e. The van der Waals surface area contributed by atoms with Gasteiger partial charge in [0.25, 0.3) is 0 Å². The van der Waals surface area contributed by atoms with E-state index < -0.39 is 6.04 Å². The monoisotopic (exact) mass is 363 g/mol. The number of carbonyl (C=O) groups is 1. The molecule has 1 saturated heterocycles. The van der Waals surface area contributed by atoms with Gasteiger partial charge in [-0.25, -0.2) is 0 Å². The van der Waals surface area contributed by atoms with Crippen LogP contribution in [0.5, 0.6) is 0 Å². The number of nitrogens with one attached hydrogen (secondary N) is 1. The van der Waals surface area contributed by atoms with Crippen molar-refractivity contribution in [3.05, 3.63) is 36.0 Å². The van der Waals surface area contributed by atoms with Gasteiger partial charge in [0, 0.05) is 23.6 Å². The third-order valence-corrected chi connectivity index (χ3v) is 5.45. The first-order valence-corrected chi connectivity index (χ1v) is 8.96. The Balaban J connectivity index is 0.00000182. The van der Waals surface area contributed by atoms with Crippen LogP contribution >= 0.6 is 12.4 Å². The Morgan fingerprint density at radius 1 is 1.32 bits per heavy atom. The quantitative estimate of drug-likeness (QED) is 0.880. The highest BCUT2D eigenvalue weighted by molar-refractivity contribution is 5.86. The molecule has 0 radical (unpaired) electrons. The van der Waals surface area contributed by atoms with Crippen molar-refractivity contribution in [2.24, 2.45) is 5.73 Å². The number of halogens is 1. The van der Waals surface area contributed by atoms with E-state index >= 15 is 0 Å². The van der Waals surface area contributed by atoms with Crippen molar-refractivity contribution in [2.75, 3.05) is 13.2 Å². The van der Waals surface area contributed by atoms with Crippen molar-refractivity contribution in [1.82, 2.24) is 9.88 Å². The first-order valence-electron chi connectivity index (χ1n) is 8.96. The Bertz CT molecular complexity index is 730. The van der Waals surface area contributed by atoms with Crippen LogP contribution in [0, 0.1) is 0 Å². The van der Waals surface area contributed by atoms with Gasteiger partial charge < -0.3 is 20.4 Å². The summed E-state index contributed by atoms with van der Waals surface area (Å²) in [5.41, 5.74) is 8.51. The molecule has 3 N–H and O–H groups in total. The molecule has 2 heterocycles. The number of ether oxygens (including phenoxy) is 1. The van der Waals surface area contributed by atoms with Gasteiger partial charge in [-0.1, -0.05) is 31.0 Å². The van der Waals surface area contributed by atoms with Crippen molar-refractivity contribution in [1.29, 1.82) is 0 Å². The fraction of sp³-hybridized carbons (Fsp3) is 0.526. The molecule has 6 heteroatoms. The van der Waals surface area contributed by atoms with Crippen molar-refractivity contribution < 1.29 is 9.53 Å². The number of fused-ring (bicyclic) bond motifs is 2. The molecule has 2 fully saturated rings. The molecule has 3 atom stereocenters. The number of amides is 1. The topological polar surface area (TPSA) is 71.4 Å². The molecule has 2 aliphatic rings. The maximum absolute atomic E-state index is 13.0. The maximum Gasteiger partial charge on any atom is 0.240 e. The SMILES string of the molecule is Cl.N[C@@H](Cc1c[nH]c2ccccc12)C(=O)N1CCOC2CCCCC21. The van der Waals surface area contributed by atoms with E-state index in [0.717, 1.165) is 29.3 Å². The molecule has 2 aromatic rings. The van der Waals surface area contributed by atoms with E-state index in [9.17, 15) is 4.79 Å². The van der Waals surface area contributed by atoms with Crippen LogP contribution < -0.4 is 5.73 Å². The molecule has 25 heavy (non-hydrogen) atoms. The van der Waals surface area contributed by atoms with Crippen LogP contribution in [0.2, 0.25) is 0 Å². The lowest BCUT2D eigenvalue weighted by Crippen LogP contribution is -2.58. The first-order chi connectivity index (χ1) is 11.7. The minimum absolute atomic E-state index is 0. The summed E-state index contributed by atoms with van der Waals surface area (Å²) in [5.74, 6) is 0.0699. The fourth-order valence-electron chi connectivity index (χ4n) is 4.21. The Kier molecular flexibility index (Phi) is 5.67. The van der Waals surface area contributed by atoms with E-state index in [1.165, 1.54) is 12.8 Å². The lowest BCUT2D eigenvalue weighted by atomic mass is 9.89. The van der Waals surface area contributed by atoms with Gasteiger partial charge in [0.1, 0.15) is 0 Å². The number of rotatable bonds is 3. The molecule has 4 rings (SSSR count). The highest BCUT2D eigenvalue weighted by Crippen LogP contribution is 2.29. The molecule has 1 aromatic heterocycles. The van der Waals surface area contributed by atoms with Gasteiger partial charge in [0.2, 0.25) is 5.91 Å². The summed E-state index contributed by atoms with van der Waals surface area (Å²) >= 11 is 0. The maximum atomic E-state index is 13.0. The summed E-state index contributed by atoms with van der Waals surface area (Å²) in [6.07, 6.45) is 7.22.